The van der Waals surface area contributed by atoms with Gasteiger partial charge in [0.25, 0.3) is 0 Å². The lowest BCUT2D eigenvalue weighted by Crippen LogP contribution is -2.19. The topological polar surface area (TPSA) is 68.0 Å². The van der Waals surface area contributed by atoms with Crippen molar-refractivity contribution in [1.29, 1.82) is 0 Å². The number of benzene rings is 1. The molecular weight excluding hydrogens is 178 g/mol. The lowest BCUT2D eigenvalue weighted by atomic mass is 10.2. The lowest BCUT2D eigenvalue weighted by Gasteiger charge is -2.01. The van der Waals surface area contributed by atoms with Gasteiger partial charge in [-0.2, -0.15) is 0 Å². The maximum atomic E-state index is 10.6. The second-order valence-corrected chi connectivity index (χ2v) is 2.88. The summed E-state index contributed by atoms with van der Waals surface area (Å²) in [6, 6.07) is 10.7. The predicted molar refractivity (Wildman–Crippen MR) is 54.9 cm³/mol. The number of primary amides is 1. The van der Waals surface area contributed by atoms with Crippen LogP contribution in [0, 0.1) is 0 Å². The van der Waals surface area contributed by atoms with E-state index in [2.05, 4.69) is 10.3 Å². The second kappa shape index (κ2) is 3.33. The zero-order valence-electron chi connectivity index (χ0n) is 7.40. The molecule has 1 heterocycles. The van der Waals surface area contributed by atoms with Crippen molar-refractivity contribution in [3.8, 4) is 0 Å². The van der Waals surface area contributed by atoms with Gasteiger partial charge in [0.2, 0.25) is 0 Å². The lowest BCUT2D eigenvalue weighted by molar-refractivity contribution is 0.259. The predicted octanol–water partition coefficient (Wildman–Crippen LogP) is 1.73. The van der Waals surface area contributed by atoms with Crippen LogP contribution in [0.25, 0.3) is 10.9 Å². The van der Waals surface area contributed by atoms with Crippen molar-refractivity contribution >= 4 is 22.8 Å². The zero-order chi connectivity index (χ0) is 9.97. The van der Waals surface area contributed by atoms with Crippen LogP contribution in [0.5, 0.6) is 0 Å². The Balaban J connectivity index is 2.46. The Morgan fingerprint density at radius 3 is 2.79 bits per heavy atom. The maximum Gasteiger partial charge on any atom is 0.317 e. The number of nitrogens with one attached hydrogen (secondary N) is 1. The van der Waals surface area contributed by atoms with Gasteiger partial charge in [-0.25, -0.2) is 9.78 Å². The van der Waals surface area contributed by atoms with Gasteiger partial charge < -0.3 is 5.73 Å². The van der Waals surface area contributed by atoms with Gasteiger partial charge in [-0.05, 0) is 18.2 Å². The van der Waals surface area contributed by atoms with Crippen LogP contribution in [0.2, 0.25) is 0 Å². The minimum atomic E-state index is -0.604. The third kappa shape index (κ3) is 1.64. The number of urea groups is 1. The number of hydrogen-bond donors (Lipinski definition) is 2. The molecule has 4 heteroatoms. The molecule has 0 aliphatic carbocycles. The van der Waals surface area contributed by atoms with Gasteiger partial charge in [-0.3, -0.25) is 5.32 Å². The molecule has 0 aliphatic heterocycles. The number of amides is 2. The van der Waals surface area contributed by atoms with Crippen molar-refractivity contribution < 1.29 is 4.79 Å². The van der Waals surface area contributed by atoms with Crippen molar-refractivity contribution in [2.45, 2.75) is 0 Å². The molecule has 2 aromatic rings. The van der Waals surface area contributed by atoms with Crippen LogP contribution in [-0.4, -0.2) is 11.0 Å². The van der Waals surface area contributed by atoms with Crippen molar-refractivity contribution in [2.75, 3.05) is 5.32 Å². The van der Waals surface area contributed by atoms with Gasteiger partial charge in [-0.1, -0.05) is 18.2 Å². The number of rotatable bonds is 1. The normalized spacial score (nSPS) is 10.0. The van der Waals surface area contributed by atoms with E-state index in [0.29, 0.717) is 5.82 Å². The van der Waals surface area contributed by atoms with Gasteiger partial charge in [0.05, 0.1) is 5.52 Å². The van der Waals surface area contributed by atoms with Gasteiger partial charge in [0.15, 0.2) is 0 Å². The summed E-state index contributed by atoms with van der Waals surface area (Å²) in [6.45, 7) is 0. The number of nitrogens with zero attached hydrogens (tertiary/aromatic N) is 1. The number of fused-ring (bicyclic) bond motifs is 1. The molecule has 0 aliphatic rings. The molecule has 0 unspecified atom stereocenters. The summed E-state index contributed by atoms with van der Waals surface area (Å²) in [5, 5.41) is 3.45. The molecule has 0 radical (unpaired) electrons. The summed E-state index contributed by atoms with van der Waals surface area (Å²) in [4.78, 5) is 14.8. The SMILES string of the molecule is NC(=O)Nc1ccc2ccccc2n1. The van der Waals surface area contributed by atoms with E-state index in [-0.39, 0.29) is 0 Å². The number of carbonyl (C=O) groups excluding carboxylic acids is 1. The smallest absolute Gasteiger partial charge is 0.317 e. The highest BCUT2D eigenvalue weighted by atomic mass is 16.2. The summed E-state index contributed by atoms with van der Waals surface area (Å²) in [6.07, 6.45) is 0. The van der Waals surface area contributed by atoms with E-state index in [1.165, 1.54) is 0 Å². The summed E-state index contributed by atoms with van der Waals surface area (Å²) in [7, 11) is 0. The molecule has 1 aromatic carbocycles. The zero-order valence-corrected chi connectivity index (χ0v) is 7.40. The van der Waals surface area contributed by atoms with E-state index in [9.17, 15) is 4.79 Å². The van der Waals surface area contributed by atoms with Gasteiger partial charge in [-0.15, -0.1) is 0 Å². The van der Waals surface area contributed by atoms with Crippen LogP contribution in [0.4, 0.5) is 10.6 Å². The molecule has 1 aromatic heterocycles. The highest BCUT2D eigenvalue weighted by Crippen LogP contribution is 2.13. The molecule has 3 N–H and O–H groups in total. The van der Waals surface area contributed by atoms with Gasteiger partial charge in [0, 0.05) is 5.39 Å². The van der Waals surface area contributed by atoms with Crippen LogP contribution in [0.15, 0.2) is 36.4 Å². The van der Waals surface area contributed by atoms with E-state index in [1.807, 2.05) is 30.3 Å². The number of hydrogen-bond acceptors (Lipinski definition) is 2. The number of aromatic nitrogens is 1. The van der Waals surface area contributed by atoms with Crippen LogP contribution in [-0.2, 0) is 0 Å². The Morgan fingerprint density at radius 2 is 2.00 bits per heavy atom. The molecule has 0 fully saturated rings. The monoisotopic (exact) mass is 187 g/mol. The van der Waals surface area contributed by atoms with Crippen LogP contribution >= 0.6 is 0 Å². The second-order valence-electron chi connectivity index (χ2n) is 2.88. The molecule has 0 atom stereocenters. The third-order valence-electron chi connectivity index (χ3n) is 1.85. The first-order chi connectivity index (χ1) is 6.75. The Hall–Kier alpha value is -2.10. The van der Waals surface area contributed by atoms with E-state index in [0.717, 1.165) is 10.9 Å². The van der Waals surface area contributed by atoms with E-state index in [4.69, 9.17) is 5.73 Å². The first kappa shape index (κ1) is 8.50. The summed E-state index contributed by atoms with van der Waals surface area (Å²) >= 11 is 0. The number of para-hydroxylation sites is 1. The van der Waals surface area contributed by atoms with Gasteiger partial charge >= 0.3 is 6.03 Å². The highest BCUT2D eigenvalue weighted by Gasteiger charge is 1.98. The molecule has 14 heavy (non-hydrogen) atoms. The van der Waals surface area contributed by atoms with Crippen molar-refractivity contribution in [1.82, 2.24) is 4.98 Å². The highest BCUT2D eigenvalue weighted by molar-refractivity contribution is 5.89. The fourth-order valence-electron chi connectivity index (χ4n) is 1.26. The van der Waals surface area contributed by atoms with E-state index >= 15 is 0 Å². The van der Waals surface area contributed by atoms with Crippen molar-refractivity contribution in [2.24, 2.45) is 5.73 Å². The molecule has 0 saturated heterocycles. The third-order valence-corrected chi connectivity index (χ3v) is 1.85. The number of nitrogens with two attached hydrogens (primary N) is 1. The summed E-state index contributed by atoms with van der Waals surface area (Å²) in [5.41, 5.74) is 5.81. The van der Waals surface area contributed by atoms with Crippen molar-refractivity contribution in [3.05, 3.63) is 36.4 Å². The molecule has 4 nitrogen and oxygen atoms in total. The standard InChI is InChI=1S/C10H9N3O/c11-10(14)13-9-6-5-7-3-1-2-4-8(7)12-9/h1-6H,(H3,11,12,13,14). The average molecular weight is 187 g/mol. The number of anilines is 1. The Morgan fingerprint density at radius 1 is 1.21 bits per heavy atom. The summed E-state index contributed by atoms with van der Waals surface area (Å²) < 4.78 is 0. The molecule has 70 valence electrons. The first-order valence-corrected chi connectivity index (χ1v) is 4.18. The average Bonchev–Trinajstić information content (AvgIpc) is 2.17. The van der Waals surface area contributed by atoms with E-state index in [1.54, 1.807) is 6.07 Å². The Kier molecular flexibility index (Phi) is 2.02. The van der Waals surface area contributed by atoms with Crippen molar-refractivity contribution in [3.63, 3.8) is 0 Å². The fraction of sp³-hybridized carbons (Fsp3) is 0. The van der Waals surface area contributed by atoms with Crippen LogP contribution in [0.1, 0.15) is 0 Å². The van der Waals surface area contributed by atoms with Crippen LogP contribution < -0.4 is 11.1 Å². The quantitative estimate of drug-likeness (QED) is 0.713. The molecule has 0 bridgehead atoms. The molecular formula is C10H9N3O. The van der Waals surface area contributed by atoms with Crippen LogP contribution in [0.3, 0.4) is 0 Å². The molecule has 2 rings (SSSR count). The van der Waals surface area contributed by atoms with E-state index < -0.39 is 6.03 Å². The molecule has 0 spiro atoms. The maximum absolute atomic E-state index is 10.6. The first-order valence-electron chi connectivity index (χ1n) is 4.18. The minimum absolute atomic E-state index is 0.469. The molecule has 0 saturated carbocycles. The Bertz CT molecular complexity index is 482. The molecule has 2 amide bonds. The van der Waals surface area contributed by atoms with Gasteiger partial charge in [0.1, 0.15) is 5.82 Å². The fourth-order valence-corrected chi connectivity index (χ4v) is 1.26. The minimum Gasteiger partial charge on any atom is -0.351 e. The Labute approximate surface area is 80.7 Å². The number of carbonyl (C=O) groups is 1. The largest absolute Gasteiger partial charge is 0.351 e. The summed E-state index contributed by atoms with van der Waals surface area (Å²) in [5.74, 6) is 0.469. The number of pyridine rings is 1.